The van der Waals surface area contributed by atoms with Crippen molar-refractivity contribution in [1.29, 1.82) is 0 Å². The van der Waals surface area contributed by atoms with Crippen LogP contribution in [-0.4, -0.2) is 15.6 Å². The molecule has 1 heterocycles. The summed E-state index contributed by atoms with van der Waals surface area (Å²) >= 11 is 3.18. The fraction of sp³-hybridized carbons (Fsp3) is 0.231. The topological polar surface area (TPSA) is 34.9 Å². The van der Waals surface area contributed by atoms with Gasteiger partial charge in [-0.05, 0) is 24.6 Å². The van der Waals surface area contributed by atoms with Crippen LogP contribution in [0.3, 0.4) is 0 Å². The van der Waals surface area contributed by atoms with E-state index in [1.54, 1.807) is 23.9 Å². The molecule has 0 bridgehead atoms. The molecule has 3 nitrogen and oxygen atoms in total. The van der Waals surface area contributed by atoms with Crippen molar-refractivity contribution in [3.8, 4) is 0 Å². The zero-order valence-electron chi connectivity index (χ0n) is 10.1. The average molecular weight is 311 g/mol. The van der Waals surface area contributed by atoms with Crippen molar-refractivity contribution in [1.82, 2.24) is 9.78 Å². The van der Waals surface area contributed by atoms with Crippen LogP contribution in [0.25, 0.3) is 0 Å². The summed E-state index contributed by atoms with van der Waals surface area (Å²) in [6.07, 6.45) is 1.57. The first-order valence-electron chi connectivity index (χ1n) is 5.44. The molecule has 94 valence electrons. The fourth-order valence-corrected chi connectivity index (χ4v) is 2.04. The number of ketones is 1. The molecule has 0 aliphatic rings. The molecule has 0 unspecified atom stereocenters. The molecular formula is C13H12BrFN2O. The zero-order chi connectivity index (χ0) is 13.3. The fourth-order valence-electron chi connectivity index (χ4n) is 1.71. The zero-order valence-corrected chi connectivity index (χ0v) is 11.7. The Morgan fingerprint density at radius 1 is 1.50 bits per heavy atom. The van der Waals surface area contributed by atoms with Gasteiger partial charge in [0.1, 0.15) is 5.82 Å². The molecule has 0 amide bonds. The van der Waals surface area contributed by atoms with Crippen molar-refractivity contribution in [2.24, 2.45) is 7.05 Å². The van der Waals surface area contributed by atoms with Gasteiger partial charge in [0.15, 0.2) is 5.78 Å². The third-order valence-electron chi connectivity index (χ3n) is 2.90. The van der Waals surface area contributed by atoms with Crippen LogP contribution in [0, 0.1) is 12.7 Å². The Labute approximate surface area is 113 Å². The van der Waals surface area contributed by atoms with Crippen molar-refractivity contribution in [2.45, 2.75) is 13.3 Å². The number of hydrogen-bond acceptors (Lipinski definition) is 2. The van der Waals surface area contributed by atoms with Gasteiger partial charge < -0.3 is 0 Å². The normalized spacial score (nSPS) is 10.7. The molecule has 0 saturated heterocycles. The van der Waals surface area contributed by atoms with E-state index in [1.165, 1.54) is 12.3 Å². The Balaban J connectivity index is 2.24. The van der Waals surface area contributed by atoms with E-state index in [0.717, 1.165) is 5.69 Å². The Morgan fingerprint density at radius 3 is 2.78 bits per heavy atom. The average Bonchev–Trinajstić information content (AvgIpc) is 2.64. The lowest BCUT2D eigenvalue weighted by molar-refractivity contribution is 0.0991. The first-order valence-corrected chi connectivity index (χ1v) is 6.24. The maximum absolute atomic E-state index is 13.6. The monoisotopic (exact) mass is 310 g/mol. The number of carbonyl (C=O) groups is 1. The number of Topliss-reactive ketones (excluding diaryl/α,β-unsaturated/α-hetero) is 1. The van der Waals surface area contributed by atoms with Crippen LogP contribution in [0.5, 0.6) is 0 Å². The number of carbonyl (C=O) groups excluding carboxylic acids is 1. The first-order chi connectivity index (χ1) is 8.49. The number of rotatable bonds is 3. The lowest BCUT2D eigenvalue weighted by Crippen LogP contribution is -2.06. The van der Waals surface area contributed by atoms with Gasteiger partial charge in [0, 0.05) is 23.6 Å². The van der Waals surface area contributed by atoms with Gasteiger partial charge in [0.25, 0.3) is 0 Å². The van der Waals surface area contributed by atoms with Crippen LogP contribution < -0.4 is 0 Å². The van der Waals surface area contributed by atoms with Gasteiger partial charge in [-0.25, -0.2) is 4.39 Å². The summed E-state index contributed by atoms with van der Waals surface area (Å²) < 4.78 is 15.9. The van der Waals surface area contributed by atoms with E-state index in [9.17, 15) is 9.18 Å². The van der Waals surface area contributed by atoms with Gasteiger partial charge in [-0.15, -0.1) is 0 Å². The molecule has 0 N–H and O–H groups in total. The van der Waals surface area contributed by atoms with E-state index in [4.69, 9.17) is 0 Å². The minimum absolute atomic E-state index is 0.0473. The summed E-state index contributed by atoms with van der Waals surface area (Å²) in [5.41, 5.74) is 1.73. The SMILES string of the molecule is Cc1c(C(=O)Cc2ccc(Br)cc2F)cnn1C. The minimum Gasteiger partial charge on any atom is -0.294 e. The van der Waals surface area contributed by atoms with E-state index >= 15 is 0 Å². The van der Waals surface area contributed by atoms with Crippen LogP contribution in [-0.2, 0) is 13.5 Å². The first kappa shape index (κ1) is 13.0. The van der Waals surface area contributed by atoms with Gasteiger partial charge in [0.2, 0.25) is 0 Å². The largest absolute Gasteiger partial charge is 0.294 e. The number of halogens is 2. The van der Waals surface area contributed by atoms with Crippen molar-refractivity contribution in [2.75, 3.05) is 0 Å². The van der Waals surface area contributed by atoms with Crippen LogP contribution in [0.15, 0.2) is 28.9 Å². The summed E-state index contributed by atoms with van der Waals surface area (Å²) in [6, 6.07) is 4.70. The molecule has 0 saturated carbocycles. The summed E-state index contributed by atoms with van der Waals surface area (Å²) in [5.74, 6) is -0.499. The molecule has 1 aromatic carbocycles. The number of benzene rings is 1. The number of aryl methyl sites for hydroxylation is 1. The van der Waals surface area contributed by atoms with Crippen LogP contribution >= 0.6 is 15.9 Å². The predicted octanol–water partition coefficient (Wildman–Crippen LogP) is 3.06. The summed E-state index contributed by atoms with van der Waals surface area (Å²) in [7, 11) is 1.77. The van der Waals surface area contributed by atoms with Crippen LogP contribution in [0.1, 0.15) is 21.6 Å². The van der Waals surface area contributed by atoms with E-state index in [0.29, 0.717) is 15.6 Å². The lowest BCUT2D eigenvalue weighted by atomic mass is 10.0. The smallest absolute Gasteiger partial charge is 0.170 e. The Hall–Kier alpha value is -1.49. The van der Waals surface area contributed by atoms with Gasteiger partial charge >= 0.3 is 0 Å². The molecule has 2 rings (SSSR count). The molecule has 0 aliphatic carbocycles. The van der Waals surface area contributed by atoms with Gasteiger partial charge in [0.05, 0.1) is 11.8 Å². The second-order valence-corrected chi connectivity index (χ2v) is 5.02. The minimum atomic E-state index is -0.376. The number of aromatic nitrogens is 2. The Bertz CT molecular complexity index is 607. The Morgan fingerprint density at radius 2 is 2.22 bits per heavy atom. The van der Waals surface area contributed by atoms with Gasteiger partial charge in [-0.3, -0.25) is 9.48 Å². The molecular weight excluding hydrogens is 299 g/mol. The van der Waals surface area contributed by atoms with Crippen LogP contribution in [0.2, 0.25) is 0 Å². The van der Waals surface area contributed by atoms with Crippen molar-refractivity contribution in [3.63, 3.8) is 0 Å². The highest BCUT2D eigenvalue weighted by Crippen LogP contribution is 2.18. The van der Waals surface area contributed by atoms with Crippen molar-refractivity contribution >= 4 is 21.7 Å². The highest BCUT2D eigenvalue weighted by atomic mass is 79.9. The van der Waals surface area contributed by atoms with E-state index < -0.39 is 0 Å². The number of nitrogens with zero attached hydrogens (tertiary/aromatic N) is 2. The summed E-state index contributed by atoms with van der Waals surface area (Å²) in [5, 5.41) is 4.01. The third kappa shape index (κ3) is 2.51. The molecule has 0 radical (unpaired) electrons. The van der Waals surface area contributed by atoms with Gasteiger partial charge in [-0.1, -0.05) is 22.0 Å². The number of hydrogen-bond donors (Lipinski definition) is 0. The summed E-state index contributed by atoms with van der Waals surface area (Å²) in [4.78, 5) is 12.1. The molecule has 1 aromatic heterocycles. The molecule has 0 spiro atoms. The molecule has 0 fully saturated rings. The van der Waals surface area contributed by atoms with Crippen molar-refractivity contribution < 1.29 is 9.18 Å². The third-order valence-corrected chi connectivity index (χ3v) is 3.40. The lowest BCUT2D eigenvalue weighted by Gasteiger charge is -2.03. The van der Waals surface area contributed by atoms with Crippen LogP contribution in [0.4, 0.5) is 4.39 Å². The highest BCUT2D eigenvalue weighted by molar-refractivity contribution is 9.10. The molecule has 18 heavy (non-hydrogen) atoms. The van der Waals surface area contributed by atoms with E-state index in [2.05, 4.69) is 21.0 Å². The molecule has 0 atom stereocenters. The predicted molar refractivity (Wildman–Crippen MR) is 70.1 cm³/mol. The maximum atomic E-state index is 13.6. The van der Waals surface area contributed by atoms with E-state index in [-0.39, 0.29) is 18.0 Å². The molecule has 2 aromatic rings. The molecule has 0 aliphatic heterocycles. The van der Waals surface area contributed by atoms with Crippen molar-refractivity contribution in [3.05, 3.63) is 51.5 Å². The standard InChI is InChI=1S/C13H12BrFN2O/c1-8-11(7-16-17(8)2)13(18)5-9-3-4-10(14)6-12(9)15/h3-4,6-7H,5H2,1-2H3. The second-order valence-electron chi connectivity index (χ2n) is 4.10. The Kier molecular flexibility index (Phi) is 3.61. The van der Waals surface area contributed by atoms with Gasteiger partial charge in [-0.2, -0.15) is 5.10 Å². The highest BCUT2D eigenvalue weighted by Gasteiger charge is 2.15. The maximum Gasteiger partial charge on any atom is 0.170 e. The quantitative estimate of drug-likeness (QED) is 0.817. The van der Waals surface area contributed by atoms with E-state index in [1.807, 2.05) is 6.92 Å². The second kappa shape index (κ2) is 5.02. The summed E-state index contributed by atoms with van der Waals surface area (Å²) in [6.45, 7) is 1.82. The molecule has 5 heteroatoms.